The van der Waals surface area contributed by atoms with Crippen LogP contribution in [0.3, 0.4) is 0 Å². The lowest BCUT2D eigenvalue weighted by Crippen LogP contribution is -2.25. The molecular formula is C20H19N9O5. The SMILES string of the molecule is O=C(COc1ccc(Nc2nc(NC3CC3)n3ncc(/C=C4\NC(=O)NC4=O)c3n2)cc1)NO. The van der Waals surface area contributed by atoms with Crippen molar-refractivity contribution in [2.75, 3.05) is 17.2 Å². The fourth-order valence-electron chi connectivity index (χ4n) is 3.14. The molecule has 2 aliphatic rings. The molecule has 5 rings (SSSR count). The van der Waals surface area contributed by atoms with E-state index in [4.69, 9.17) is 9.94 Å². The zero-order valence-electron chi connectivity index (χ0n) is 17.5. The molecule has 174 valence electrons. The Balaban J connectivity index is 1.42. The first-order valence-electron chi connectivity index (χ1n) is 10.3. The Bertz CT molecular complexity index is 1310. The third-order valence-corrected chi connectivity index (χ3v) is 4.93. The highest BCUT2D eigenvalue weighted by Gasteiger charge is 2.26. The van der Waals surface area contributed by atoms with Crippen LogP contribution in [0.2, 0.25) is 0 Å². The lowest BCUT2D eigenvalue weighted by Gasteiger charge is -2.11. The third-order valence-electron chi connectivity index (χ3n) is 4.93. The molecule has 2 fully saturated rings. The number of hydrogen-bond acceptors (Lipinski definition) is 10. The van der Waals surface area contributed by atoms with Gasteiger partial charge in [-0.1, -0.05) is 0 Å². The first-order chi connectivity index (χ1) is 16.5. The molecule has 0 unspecified atom stereocenters. The summed E-state index contributed by atoms with van der Waals surface area (Å²) in [7, 11) is 0. The third kappa shape index (κ3) is 4.56. The Kier molecular flexibility index (Phi) is 5.39. The minimum Gasteiger partial charge on any atom is -0.484 e. The molecule has 1 saturated carbocycles. The fraction of sp³-hybridized carbons (Fsp3) is 0.200. The van der Waals surface area contributed by atoms with Gasteiger partial charge >= 0.3 is 6.03 Å². The maximum Gasteiger partial charge on any atom is 0.326 e. The van der Waals surface area contributed by atoms with E-state index >= 15 is 0 Å². The smallest absolute Gasteiger partial charge is 0.326 e. The standard InChI is InChI=1S/C20H19N9O5/c30-15(28-33)9-34-13-5-3-11(4-6-13)22-18-25-16-10(7-14-17(31)26-20(32)24-14)8-21-29(16)19(27-18)23-12-1-2-12/h3-8,12,33H,1-2,9H2,(H,28,30)(H2,22,23,25,27)(H2,24,26,31,32)/b14-7-. The molecule has 14 heteroatoms. The number of amides is 4. The number of hydroxylamine groups is 1. The summed E-state index contributed by atoms with van der Waals surface area (Å²) in [5.74, 6) is -0.00514. The molecule has 1 aliphatic carbocycles. The lowest BCUT2D eigenvalue weighted by molar-refractivity contribution is -0.131. The summed E-state index contributed by atoms with van der Waals surface area (Å²) in [4.78, 5) is 43.5. The maximum atomic E-state index is 11.9. The summed E-state index contributed by atoms with van der Waals surface area (Å²) in [6.07, 6.45) is 5.07. The number of ether oxygens (including phenoxy) is 1. The van der Waals surface area contributed by atoms with Crippen LogP contribution in [-0.2, 0) is 9.59 Å². The van der Waals surface area contributed by atoms with Crippen molar-refractivity contribution in [2.45, 2.75) is 18.9 Å². The van der Waals surface area contributed by atoms with Gasteiger partial charge in [0.1, 0.15) is 11.4 Å². The summed E-state index contributed by atoms with van der Waals surface area (Å²) < 4.78 is 6.79. The number of carbonyl (C=O) groups excluding carboxylic acids is 3. The quantitative estimate of drug-likeness (QED) is 0.119. The van der Waals surface area contributed by atoms with Crippen LogP contribution in [0.4, 0.5) is 22.4 Å². The van der Waals surface area contributed by atoms with E-state index in [2.05, 4.69) is 36.3 Å². The highest BCUT2D eigenvalue weighted by Crippen LogP contribution is 2.26. The van der Waals surface area contributed by atoms with Crippen molar-refractivity contribution in [1.29, 1.82) is 0 Å². The number of carbonyl (C=O) groups is 3. The average Bonchev–Trinajstić information content (AvgIpc) is 3.46. The number of benzene rings is 1. The number of nitrogens with zero attached hydrogens (tertiary/aromatic N) is 4. The molecule has 2 aromatic heterocycles. The first kappa shape index (κ1) is 21.1. The molecule has 34 heavy (non-hydrogen) atoms. The van der Waals surface area contributed by atoms with E-state index in [9.17, 15) is 14.4 Å². The summed E-state index contributed by atoms with van der Waals surface area (Å²) >= 11 is 0. The van der Waals surface area contributed by atoms with Crippen molar-refractivity contribution < 1.29 is 24.3 Å². The van der Waals surface area contributed by atoms with Gasteiger partial charge in [0.25, 0.3) is 11.8 Å². The number of anilines is 3. The van der Waals surface area contributed by atoms with Gasteiger partial charge in [-0.25, -0.2) is 10.3 Å². The van der Waals surface area contributed by atoms with Crippen LogP contribution in [-0.4, -0.2) is 55.3 Å². The van der Waals surface area contributed by atoms with Crippen molar-refractivity contribution in [1.82, 2.24) is 35.7 Å². The van der Waals surface area contributed by atoms with Crippen molar-refractivity contribution in [3.05, 3.63) is 41.7 Å². The monoisotopic (exact) mass is 465 g/mol. The fourth-order valence-corrected chi connectivity index (χ4v) is 3.14. The molecule has 14 nitrogen and oxygen atoms in total. The minimum atomic E-state index is -0.666. The summed E-state index contributed by atoms with van der Waals surface area (Å²) in [5, 5.41) is 23.9. The van der Waals surface area contributed by atoms with Gasteiger partial charge in [-0.05, 0) is 43.2 Å². The molecule has 0 bridgehead atoms. The number of hydrogen-bond donors (Lipinski definition) is 6. The Hall–Kier alpha value is -4.72. The Morgan fingerprint density at radius 1 is 1.21 bits per heavy atom. The van der Waals surface area contributed by atoms with E-state index < -0.39 is 17.8 Å². The van der Waals surface area contributed by atoms with Crippen molar-refractivity contribution in [2.24, 2.45) is 0 Å². The number of urea groups is 1. The van der Waals surface area contributed by atoms with E-state index in [1.165, 1.54) is 22.3 Å². The van der Waals surface area contributed by atoms with Crippen LogP contribution in [0.25, 0.3) is 11.7 Å². The van der Waals surface area contributed by atoms with Crippen LogP contribution in [0.15, 0.2) is 36.2 Å². The molecule has 0 atom stereocenters. The predicted molar refractivity (Wildman–Crippen MR) is 117 cm³/mol. The maximum absolute atomic E-state index is 11.9. The molecule has 6 N–H and O–H groups in total. The zero-order valence-corrected chi connectivity index (χ0v) is 17.5. The molecule has 0 radical (unpaired) electrons. The first-order valence-corrected chi connectivity index (χ1v) is 10.3. The number of nitrogens with one attached hydrogen (secondary N) is 5. The second kappa shape index (κ2) is 8.67. The highest BCUT2D eigenvalue weighted by atomic mass is 16.5. The normalized spacial score (nSPS) is 16.3. The van der Waals surface area contributed by atoms with E-state index in [0.717, 1.165) is 12.8 Å². The topological polar surface area (TPSA) is 184 Å². The molecular weight excluding hydrogens is 446 g/mol. The van der Waals surface area contributed by atoms with Gasteiger partial charge in [0, 0.05) is 17.3 Å². The van der Waals surface area contributed by atoms with Crippen LogP contribution in [0.5, 0.6) is 5.75 Å². The van der Waals surface area contributed by atoms with Gasteiger partial charge < -0.3 is 20.7 Å². The Morgan fingerprint density at radius 3 is 2.68 bits per heavy atom. The van der Waals surface area contributed by atoms with Gasteiger partial charge in [0.15, 0.2) is 12.3 Å². The van der Waals surface area contributed by atoms with Crippen LogP contribution < -0.4 is 31.5 Å². The van der Waals surface area contributed by atoms with Gasteiger partial charge in [-0.2, -0.15) is 19.6 Å². The van der Waals surface area contributed by atoms with Gasteiger partial charge in [-0.3, -0.25) is 20.1 Å². The number of imide groups is 1. The predicted octanol–water partition coefficient (Wildman–Crippen LogP) is 0.507. The Morgan fingerprint density at radius 2 is 2.00 bits per heavy atom. The van der Waals surface area contributed by atoms with Gasteiger partial charge in [0.2, 0.25) is 11.9 Å². The summed E-state index contributed by atoms with van der Waals surface area (Å²) in [6, 6.07) is 6.42. The number of fused-ring (bicyclic) bond motifs is 1. The second-order valence-corrected chi connectivity index (χ2v) is 7.56. The molecule has 0 spiro atoms. The van der Waals surface area contributed by atoms with Crippen LogP contribution in [0.1, 0.15) is 18.4 Å². The Labute approximate surface area is 191 Å². The molecule has 1 saturated heterocycles. The second-order valence-electron chi connectivity index (χ2n) is 7.56. The van der Waals surface area contributed by atoms with Crippen LogP contribution in [0, 0.1) is 0 Å². The summed E-state index contributed by atoms with van der Waals surface area (Å²) in [5.41, 5.74) is 3.19. The van der Waals surface area contributed by atoms with E-state index in [-0.39, 0.29) is 18.3 Å². The zero-order chi connectivity index (χ0) is 23.7. The average molecular weight is 465 g/mol. The van der Waals surface area contributed by atoms with Crippen molar-refractivity contribution in [3.63, 3.8) is 0 Å². The molecule has 4 amide bonds. The number of rotatable bonds is 8. The van der Waals surface area contributed by atoms with E-state index in [1.54, 1.807) is 24.3 Å². The summed E-state index contributed by atoms with van der Waals surface area (Å²) in [6.45, 7) is -0.322. The van der Waals surface area contributed by atoms with Gasteiger partial charge in [-0.15, -0.1) is 0 Å². The molecule has 3 heterocycles. The van der Waals surface area contributed by atoms with Crippen molar-refractivity contribution >= 4 is 47.2 Å². The molecule has 3 aromatic rings. The largest absolute Gasteiger partial charge is 0.484 e. The number of aromatic nitrogens is 4. The van der Waals surface area contributed by atoms with Crippen LogP contribution >= 0.6 is 0 Å². The molecule has 1 aliphatic heterocycles. The minimum absolute atomic E-state index is 0.0928. The lowest BCUT2D eigenvalue weighted by atomic mass is 10.2. The van der Waals surface area contributed by atoms with E-state index in [1.807, 2.05) is 0 Å². The highest BCUT2D eigenvalue weighted by molar-refractivity contribution is 6.14. The van der Waals surface area contributed by atoms with Gasteiger partial charge in [0.05, 0.1) is 6.20 Å². The molecule has 1 aromatic carbocycles. The van der Waals surface area contributed by atoms with E-state index in [0.29, 0.717) is 34.6 Å². The van der Waals surface area contributed by atoms with Crippen molar-refractivity contribution in [3.8, 4) is 5.75 Å².